The SMILES string of the molecule is c1ccc(-c2ccc3c(c2)c2ccccc2n3-c2ccc3oc4ccc(-n5c6ccccc6c6cc(-n7c8ccccc8c8ccccc87)ccc65)cc4c3c2)cc1. The van der Waals surface area contributed by atoms with E-state index in [1.807, 2.05) is 0 Å². The summed E-state index contributed by atoms with van der Waals surface area (Å²) in [7, 11) is 0. The Morgan fingerprint density at radius 3 is 1.10 bits per heavy atom. The number of rotatable bonds is 4. The van der Waals surface area contributed by atoms with Crippen LogP contribution in [0.2, 0.25) is 0 Å². The first-order valence-corrected chi connectivity index (χ1v) is 19.8. The Morgan fingerprint density at radius 2 is 0.603 bits per heavy atom. The van der Waals surface area contributed by atoms with Gasteiger partial charge in [0.25, 0.3) is 0 Å². The van der Waals surface area contributed by atoms with Crippen LogP contribution >= 0.6 is 0 Å². The molecule has 0 bridgehead atoms. The molecule has 4 nitrogen and oxygen atoms in total. The highest BCUT2D eigenvalue weighted by Crippen LogP contribution is 2.40. The lowest BCUT2D eigenvalue weighted by molar-refractivity contribution is 0.669. The number of nitrogens with zero attached hydrogens (tertiary/aromatic N) is 3. The summed E-state index contributed by atoms with van der Waals surface area (Å²) in [6, 6.07) is 72.5. The first-order chi connectivity index (χ1) is 28.8. The van der Waals surface area contributed by atoms with E-state index >= 15 is 0 Å². The number of furan rings is 1. The first kappa shape index (κ1) is 31.4. The van der Waals surface area contributed by atoms with Gasteiger partial charge in [0.15, 0.2) is 0 Å². The Bertz CT molecular complexity index is 3750. The third-order valence-electron chi connectivity index (χ3n) is 12.2. The van der Waals surface area contributed by atoms with Gasteiger partial charge in [0.05, 0.1) is 33.1 Å². The minimum Gasteiger partial charge on any atom is -0.456 e. The zero-order valence-electron chi connectivity index (χ0n) is 31.3. The molecule has 13 rings (SSSR count). The number of aromatic nitrogens is 3. The molecule has 0 N–H and O–H groups in total. The van der Waals surface area contributed by atoms with Crippen molar-refractivity contribution in [2.75, 3.05) is 0 Å². The lowest BCUT2D eigenvalue weighted by atomic mass is 10.0. The quantitative estimate of drug-likeness (QED) is 0.177. The van der Waals surface area contributed by atoms with Gasteiger partial charge in [-0.25, -0.2) is 0 Å². The van der Waals surface area contributed by atoms with E-state index in [2.05, 4.69) is 214 Å². The van der Waals surface area contributed by atoms with Crippen LogP contribution in [0.25, 0.3) is 116 Å². The molecule has 270 valence electrons. The zero-order chi connectivity index (χ0) is 37.9. The molecular weight excluding hydrogens is 707 g/mol. The number of hydrogen-bond acceptors (Lipinski definition) is 1. The van der Waals surface area contributed by atoms with Crippen molar-refractivity contribution >= 4 is 87.4 Å². The van der Waals surface area contributed by atoms with Crippen LogP contribution < -0.4 is 0 Å². The monoisotopic (exact) mass is 739 g/mol. The minimum absolute atomic E-state index is 0.875. The molecule has 0 atom stereocenters. The first-order valence-electron chi connectivity index (χ1n) is 19.8. The van der Waals surface area contributed by atoms with Crippen LogP contribution in [-0.2, 0) is 0 Å². The summed E-state index contributed by atoms with van der Waals surface area (Å²) in [5.41, 5.74) is 14.7. The minimum atomic E-state index is 0.875. The molecule has 13 aromatic rings. The Labute approximate surface area is 332 Å². The average molecular weight is 740 g/mol. The van der Waals surface area contributed by atoms with Gasteiger partial charge in [0.2, 0.25) is 0 Å². The van der Waals surface area contributed by atoms with Crippen molar-refractivity contribution in [3.05, 3.63) is 200 Å². The molecule has 0 saturated heterocycles. The average Bonchev–Trinajstić information content (AvgIpc) is 4.02. The number of benzene rings is 9. The summed E-state index contributed by atoms with van der Waals surface area (Å²) in [4.78, 5) is 0. The maximum Gasteiger partial charge on any atom is 0.135 e. The van der Waals surface area contributed by atoms with E-state index in [0.717, 1.165) is 39.0 Å². The third-order valence-corrected chi connectivity index (χ3v) is 12.2. The Kier molecular flexibility index (Phi) is 6.41. The third kappa shape index (κ3) is 4.40. The molecule has 4 heteroatoms. The normalized spacial score (nSPS) is 12.1. The largest absolute Gasteiger partial charge is 0.456 e. The molecule has 4 heterocycles. The fourth-order valence-electron chi connectivity index (χ4n) is 9.67. The standard InChI is InChI=1S/C54H33N3O/c1-2-12-34(13-3-1)35-22-26-51-43(30-35)41-16-6-10-20-49(41)56(51)37-24-28-53-45(32-37)46-33-38(25-29-54(46)58-53)57-50-21-11-7-17-42(50)44-31-36(23-27-52(44)57)55-47-18-8-4-14-39(47)40-15-5-9-19-48(40)55/h1-33H. The summed E-state index contributed by atoms with van der Waals surface area (Å²) >= 11 is 0. The van der Waals surface area contributed by atoms with E-state index in [9.17, 15) is 0 Å². The smallest absolute Gasteiger partial charge is 0.135 e. The van der Waals surface area contributed by atoms with Gasteiger partial charge in [0, 0.05) is 60.2 Å². The zero-order valence-corrected chi connectivity index (χ0v) is 31.3. The van der Waals surface area contributed by atoms with Gasteiger partial charge in [-0.1, -0.05) is 109 Å². The van der Waals surface area contributed by atoms with E-state index < -0.39 is 0 Å². The van der Waals surface area contributed by atoms with Gasteiger partial charge in [-0.2, -0.15) is 0 Å². The summed E-state index contributed by atoms with van der Waals surface area (Å²) in [6.45, 7) is 0. The molecule has 0 saturated carbocycles. The molecule has 0 aliphatic carbocycles. The molecule has 58 heavy (non-hydrogen) atoms. The molecule has 0 aliphatic rings. The predicted molar refractivity (Wildman–Crippen MR) is 242 cm³/mol. The van der Waals surface area contributed by atoms with E-state index in [1.54, 1.807) is 0 Å². The maximum atomic E-state index is 6.52. The van der Waals surface area contributed by atoms with Gasteiger partial charge in [-0.3, -0.25) is 0 Å². The summed E-state index contributed by atoms with van der Waals surface area (Å²) < 4.78 is 13.7. The topological polar surface area (TPSA) is 27.9 Å². The Hall–Kier alpha value is -7.82. The highest BCUT2D eigenvalue weighted by molar-refractivity contribution is 6.14. The summed E-state index contributed by atoms with van der Waals surface area (Å²) in [6.07, 6.45) is 0. The van der Waals surface area contributed by atoms with Crippen molar-refractivity contribution in [2.24, 2.45) is 0 Å². The van der Waals surface area contributed by atoms with Crippen molar-refractivity contribution < 1.29 is 4.42 Å². The van der Waals surface area contributed by atoms with Crippen LogP contribution in [0.3, 0.4) is 0 Å². The fourth-order valence-corrected chi connectivity index (χ4v) is 9.67. The Balaban J connectivity index is 0.992. The van der Waals surface area contributed by atoms with E-state index in [0.29, 0.717) is 0 Å². The second kappa shape index (κ2) is 11.8. The fraction of sp³-hybridized carbons (Fsp3) is 0. The van der Waals surface area contributed by atoms with Gasteiger partial charge in [0.1, 0.15) is 11.2 Å². The molecule has 0 amide bonds. The van der Waals surface area contributed by atoms with Gasteiger partial charge in [-0.05, 0) is 102 Å². The lowest BCUT2D eigenvalue weighted by Crippen LogP contribution is -1.96. The van der Waals surface area contributed by atoms with Crippen LogP contribution in [0.15, 0.2) is 205 Å². The highest BCUT2D eigenvalue weighted by Gasteiger charge is 2.19. The van der Waals surface area contributed by atoms with E-state index in [-0.39, 0.29) is 0 Å². The summed E-state index contributed by atoms with van der Waals surface area (Å²) in [5.74, 6) is 0. The molecule has 9 aromatic carbocycles. The molecule has 4 aromatic heterocycles. The predicted octanol–water partition coefficient (Wildman–Crippen LogP) is 14.5. The molecule has 0 aliphatic heterocycles. The van der Waals surface area contributed by atoms with Gasteiger partial charge < -0.3 is 18.1 Å². The summed E-state index contributed by atoms with van der Waals surface area (Å²) in [5, 5.41) is 9.63. The molecule has 0 fully saturated rings. The van der Waals surface area contributed by atoms with E-state index in [1.165, 1.54) is 76.5 Å². The van der Waals surface area contributed by atoms with Gasteiger partial charge >= 0.3 is 0 Å². The van der Waals surface area contributed by atoms with Crippen LogP contribution in [0.1, 0.15) is 0 Å². The highest BCUT2D eigenvalue weighted by atomic mass is 16.3. The molecule has 0 radical (unpaired) electrons. The second-order valence-corrected chi connectivity index (χ2v) is 15.3. The van der Waals surface area contributed by atoms with E-state index in [4.69, 9.17) is 4.42 Å². The molecule has 0 unspecified atom stereocenters. The molecular formula is C54H33N3O. The van der Waals surface area contributed by atoms with Crippen molar-refractivity contribution in [1.82, 2.24) is 13.7 Å². The van der Waals surface area contributed by atoms with Crippen LogP contribution in [0.4, 0.5) is 0 Å². The van der Waals surface area contributed by atoms with Crippen molar-refractivity contribution in [2.45, 2.75) is 0 Å². The van der Waals surface area contributed by atoms with Gasteiger partial charge in [-0.15, -0.1) is 0 Å². The van der Waals surface area contributed by atoms with Crippen LogP contribution in [0.5, 0.6) is 0 Å². The van der Waals surface area contributed by atoms with Crippen molar-refractivity contribution in [1.29, 1.82) is 0 Å². The number of hydrogen-bond donors (Lipinski definition) is 0. The van der Waals surface area contributed by atoms with Crippen molar-refractivity contribution in [3.63, 3.8) is 0 Å². The second-order valence-electron chi connectivity index (χ2n) is 15.3. The maximum absolute atomic E-state index is 6.52. The number of fused-ring (bicyclic) bond motifs is 12. The lowest BCUT2D eigenvalue weighted by Gasteiger charge is -2.11. The van der Waals surface area contributed by atoms with Crippen LogP contribution in [-0.4, -0.2) is 13.7 Å². The Morgan fingerprint density at radius 1 is 0.241 bits per heavy atom. The molecule has 0 spiro atoms. The van der Waals surface area contributed by atoms with Crippen molar-refractivity contribution in [3.8, 4) is 28.2 Å². The van der Waals surface area contributed by atoms with Crippen LogP contribution in [0, 0.1) is 0 Å². The number of para-hydroxylation sites is 4.